The first-order valence-corrected chi connectivity index (χ1v) is 11.8. The molecule has 0 amide bonds. The van der Waals surface area contributed by atoms with E-state index < -0.39 is 7.38 Å². The van der Waals surface area contributed by atoms with Crippen LogP contribution >= 0.6 is 11.1 Å². The second-order valence-corrected chi connectivity index (χ2v) is 12.8. The second-order valence-electron chi connectivity index (χ2n) is 7.03. The Bertz CT molecular complexity index is 546. The molecule has 1 fully saturated rings. The number of rotatable bonds is 4. The van der Waals surface area contributed by atoms with Crippen LogP contribution in [0.5, 0.6) is 0 Å². The van der Waals surface area contributed by atoms with Crippen LogP contribution in [0.2, 0.25) is 6.04 Å². The van der Waals surface area contributed by atoms with Crippen LogP contribution in [0.25, 0.3) is 0 Å². The van der Waals surface area contributed by atoms with Gasteiger partial charge < -0.3 is 0 Å². The molecule has 116 valence electrons. The van der Waals surface area contributed by atoms with E-state index in [2.05, 4.69) is 74.5 Å². The van der Waals surface area contributed by atoms with Gasteiger partial charge in [0.05, 0.1) is 0 Å². The molecule has 3 rings (SSSR count). The summed E-state index contributed by atoms with van der Waals surface area (Å²) in [7, 11) is -1.92. The van der Waals surface area contributed by atoms with Crippen molar-refractivity contribution in [2.24, 2.45) is 5.92 Å². The topological polar surface area (TPSA) is 0 Å². The number of halogens is 1. The molecule has 1 saturated heterocycles. The molecule has 0 N–H and O–H groups in total. The van der Waals surface area contributed by atoms with Crippen molar-refractivity contribution in [1.29, 1.82) is 0 Å². The molecule has 2 atom stereocenters. The summed E-state index contributed by atoms with van der Waals surface area (Å²) in [4.78, 5) is 0. The van der Waals surface area contributed by atoms with Gasteiger partial charge in [0.2, 0.25) is 0 Å². The molecule has 0 radical (unpaired) electrons. The quantitative estimate of drug-likeness (QED) is 0.458. The Morgan fingerprint density at radius 2 is 1.27 bits per heavy atom. The molecule has 0 unspecified atom stereocenters. The van der Waals surface area contributed by atoms with E-state index in [1.807, 2.05) is 0 Å². The van der Waals surface area contributed by atoms with Crippen molar-refractivity contribution >= 4 is 18.5 Å². The zero-order valence-corrected chi connectivity index (χ0v) is 15.3. The molecule has 0 aromatic heterocycles. The Morgan fingerprint density at radius 3 is 1.64 bits per heavy atom. The highest BCUT2D eigenvalue weighted by Crippen LogP contribution is 2.54. The minimum atomic E-state index is -1.92. The first-order chi connectivity index (χ1) is 10.6. The molecule has 0 nitrogen and oxygen atoms in total. The van der Waals surface area contributed by atoms with Crippen molar-refractivity contribution in [1.82, 2.24) is 0 Å². The maximum absolute atomic E-state index is 7.51. The molecule has 2 aromatic rings. The van der Waals surface area contributed by atoms with E-state index in [4.69, 9.17) is 11.1 Å². The predicted molar refractivity (Wildman–Crippen MR) is 98.9 cm³/mol. The van der Waals surface area contributed by atoms with Crippen LogP contribution in [-0.2, 0) is 0 Å². The molecule has 2 heteroatoms. The highest BCUT2D eigenvalue weighted by atomic mass is 35.6. The lowest BCUT2D eigenvalue weighted by Crippen LogP contribution is -2.39. The molecular weight excluding hydrogens is 304 g/mol. The molecule has 22 heavy (non-hydrogen) atoms. The lowest BCUT2D eigenvalue weighted by Gasteiger charge is -2.34. The van der Waals surface area contributed by atoms with Gasteiger partial charge in [-0.2, -0.15) is 11.1 Å². The third-order valence-corrected chi connectivity index (χ3v) is 12.1. The minimum absolute atomic E-state index is 0.586. The first-order valence-electron chi connectivity index (χ1n) is 8.40. The van der Waals surface area contributed by atoms with Gasteiger partial charge in [0.15, 0.2) is 7.38 Å². The van der Waals surface area contributed by atoms with Crippen LogP contribution in [0.1, 0.15) is 48.9 Å². The van der Waals surface area contributed by atoms with E-state index in [1.54, 1.807) is 0 Å². The van der Waals surface area contributed by atoms with Crippen LogP contribution < -0.4 is 0 Å². The predicted octanol–water partition coefficient (Wildman–Crippen LogP) is 6.27. The Labute approximate surface area is 140 Å². The Morgan fingerprint density at radius 1 is 0.864 bits per heavy atom. The molecule has 0 saturated carbocycles. The highest BCUT2D eigenvalue weighted by Gasteiger charge is 2.52. The smallest absolute Gasteiger partial charge is 0.166 e. The molecular formula is C20H25ClSi. The van der Waals surface area contributed by atoms with Crippen LogP contribution in [0.15, 0.2) is 60.7 Å². The van der Waals surface area contributed by atoms with Gasteiger partial charge in [0.1, 0.15) is 0 Å². The number of hydrogen-bond acceptors (Lipinski definition) is 0. The zero-order valence-electron chi connectivity index (χ0n) is 13.5. The van der Waals surface area contributed by atoms with Crippen molar-refractivity contribution in [3.63, 3.8) is 0 Å². The fourth-order valence-corrected chi connectivity index (χ4v) is 11.7. The number of benzene rings is 2. The summed E-state index contributed by atoms with van der Waals surface area (Å²) >= 11 is 7.51. The molecule has 2 aromatic carbocycles. The summed E-state index contributed by atoms with van der Waals surface area (Å²) in [6.45, 7) is 4.64. The van der Waals surface area contributed by atoms with Gasteiger partial charge in [0.25, 0.3) is 0 Å². The van der Waals surface area contributed by atoms with Crippen LogP contribution in [0.3, 0.4) is 0 Å². The van der Waals surface area contributed by atoms with Crippen molar-refractivity contribution < 1.29 is 0 Å². The Balaban J connectivity index is 1.99. The van der Waals surface area contributed by atoms with Gasteiger partial charge in [-0.05, 0) is 47.0 Å². The average Bonchev–Trinajstić information content (AvgIpc) is 2.85. The summed E-state index contributed by atoms with van der Waals surface area (Å²) in [6, 6.07) is 23.2. The normalized spacial score (nSPS) is 23.8. The fraction of sp³-hybridized carbons (Fsp3) is 0.400. The first kappa shape index (κ1) is 15.8. The van der Waals surface area contributed by atoms with Crippen LogP contribution in [-0.4, -0.2) is 7.38 Å². The van der Waals surface area contributed by atoms with Crippen molar-refractivity contribution in [3.8, 4) is 0 Å². The third kappa shape index (κ3) is 3.02. The summed E-state index contributed by atoms with van der Waals surface area (Å²) in [5, 5.41) is 0. The number of hydrogen-bond donors (Lipinski definition) is 0. The minimum Gasteiger partial charge on any atom is -0.166 e. The second kappa shape index (κ2) is 6.60. The van der Waals surface area contributed by atoms with Crippen molar-refractivity contribution in [2.75, 3.05) is 0 Å². The summed E-state index contributed by atoms with van der Waals surface area (Å²) in [5.41, 5.74) is 4.09. The van der Waals surface area contributed by atoms with Crippen molar-refractivity contribution in [2.45, 2.75) is 43.8 Å². The average molecular weight is 329 g/mol. The van der Waals surface area contributed by atoms with Gasteiger partial charge in [0, 0.05) is 0 Å². The molecule has 0 spiro atoms. The lowest BCUT2D eigenvalue weighted by molar-refractivity contribution is 0.711. The summed E-state index contributed by atoms with van der Waals surface area (Å²) < 4.78 is 0. The molecule has 0 aliphatic carbocycles. The summed E-state index contributed by atoms with van der Waals surface area (Å²) in [6.07, 6.45) is 2.48. The summed E-state index contributed by atoms with van der Waals surface area (Å²) in [5.74, 6) is 0.666. The Hall–Kier alpha value is -1.05. The standard InChI is InChI=1S/C20H25ClSi/c1-16(2)15-22(21)19(17-9-5-3-6-10-17)13-14-20(22)18-11-7-4-8-12-18/h3-12,16,19-20H,13-15H2,1-2H3/t19-,20-/m1/s1. The molecule has 0 bridgehead atoms. The van der Waals surface area contributed by atoms with E-state index in [-0.39, 0.29) is 0 Å². The Kier molecular flexibility index (Phi) is 4.75. The maximum atomic E-state index is 7.51. The van der Waals surface area contributed by atoms with E-state index in [0.29, 0.717) is 17.0 Å². The van der Waals surface area contributed by atoms with Crippen LogP contribution in [0.4, 0.5) is 0 Å². The fourth-order valence-electron chi connectivity index (χ4n) is 4.22. The van der Waals surface area contributed by atoms with Gasteiger partial charge >= 0.3 is 0 Å². The van der Waals surface area contributed by atoms with E-state index in [1.165, 1.54) is 30.0 Å². The highest BCUT2D eigenvalue weighted by molar-refractivity contribution is 7.22. The largest absolute Gasteiger partial charge is 0.171 e. The van der Waals surface area contributed by atoms with Gasteiger partial charge in [-0.3, -0.25) is 0 Å². The van der Waals surface area contributed by atoms with Crippen LogP contribution in [0, 0.1) is 5.92 Å². The van der Waals surface area contributed by atoms with E-state index in [9.17, 15) is 0 Å². The molecule has 1 heterocycles. The van der Waals surface area contributed by atoms with E-state index >= 15 is 0 Å². The van der Waals surface area contributed by atoms with Gasteiger partial charge in [-0.25, -0.2) is 0 Å². The monoisotopic (exact) mass is 328 g/mol. The van der Waals surface area contributed by atoms with Gasteiger partial charge in [-0.15, -0.1) is 0 Å². The van der Waals surface area contributed by atoms with Gasteiger partial charge in [-0.1, -0.05) is 74.5 Å². The van der Waals surface area contributed by atoms with Crippen molar-refractivity contribution in [3.05, 3.63) is 71.8 Å². The maximum Gasteiger partial charge on any atom is 0.171 e. The molecule has 1 aliphatic heterocycles. The molecule has 1 aliphatic rings. The van der Waals surface area contributed by atoms with E-state index in [0.717, 1.165) is 0 Å². The SMILES string of the molecule is CC(C)C[Si]1(Cl)[C@@H](c2ccccc2)CC[C@@H]1c1ccccc1. The lowest BCUT2D eigenvalue weighted by atomic mass is 10.0. The third-order valence-electron chi connectivity index (χ3n) is 5.03. The zero-order chi connectivity index (χ0) is 15.6.